The largest absolute Gasteiger partial charge is 0.399 e. The average molecular weight is 280 g/mol. The Labute approximate surface area is 125 Å². The molecule has 0 amide bonds. The van der Waals surface area contributed by atoms with Gasteiger partial charge < -0.3 is 16.4 Å². The second-order valence-electron chi connectivity index (χ2n) is 5.20. The summed E-state index contributed by atoms with van der Waals surface area (Å²) in [5.41, 5.74) is 10.4. The number of benzene rings is 1. The third kappa shape index (κ3) is 2.40. The minimum atomic E-state index is -0.106. The van der Waals surface area contributed by atoms with Gasteiger partial charge in [-0.2, -0.15) is 0 Å². The highest BCUT2D eigenvalue weighted by atomic mass is 15.4. The molecule has 1 aromatic rings. The molecule has 4 N–H and O–H groups in total. The van der Waals surface area contributed by atoms with E-state index in [0.717, 1.165) is 29.4 Å². The second kappa shape index (κ2) is 5.40. The van der Waals surface area contributed by atoms with Gasteiger partial charge in [0.15, 0.2) is 0 Å². The third-order valence-electron chi connectivity index (χ3n) is 3.64. The van der Waals surface area contributed by atoms with Gasteiger partial charge in [0.05, 0.1) is 17.1 Å². The lowest BCUT2D eigenvalue weighted by Crippen LogP contribution is -2.43. The van der Waals surface area contributed by atoms with Gasteiger partial charge in [0.2, 0.25) is 0 Å². The fourth-order valence-electron chi connectivity index (χ4n) is 2.67. The van der Waals surface area contributed by atoms with Crippen molar-refractivity contribution in [2.75, 3.05) is 16.8 Å². The van der Waals surface area contributed by atoms with E-state index in [4.69, 9.17) is 5.73 Å². The van der Waals surface area contributed by atoms with Crippen LogP contribution in [0.5, 0.6) is 0 Å². The summed E-state index contributed by atoms with van der Waals surface area (Å²) < 4.78 is 0. The van der Waals surface area contributed by atoms with Gasteiger partial charge in [-0.3, -0.25) is 4.90 Å². The van der Waals surface area contributed by atoms with Crippen molar-refractivity contribution in [3.63, 3.8) is 0 Å². The predicted octanol–water partition coefficient (Wildman–Crippen LogP) is 2.58. The maximum absolute atomic E-state index is 6.22. The topological polar surface area (TPSA) is 53.3 Å². The molecule has 2 aliphatic heterocycles. The van der Waals surface area contributed by atoms with Crippen LogP contribution in [-0.2, 0) is 0 Å². The highest BCUT2D eigenvalue weighted by molar-refractivity contribution is 5.80. The Hall–Kier alpha value is -2.62. The van der Waals surface area contributed by atoms with Crippen LogP contribution in [-0.4, -0.2) is 12.7 Å². The van der Waals surface area contributed by atoms with Crippen molar-refractivity contribution in [2.45, 2.75) is 13.1 Å². The molecule has 0 saturated heterocycles. The quantitative estimate of drug-likeness (QED) is 0.745. The van der Waals surface area contributed by atoms with Crippen LogP contribution in [0.2, 0.25) is 0 Å². The Kier molecular flexibility index (Phi) is 3.44. The van der Waals surface area contributed by atoms with Crippen LogP contribution >= 0.6 is 0 Å². The van der Waals surface area contributed by atoms with Gasteiger partial charge in [0, 0.05) is 6.54 Å². The van der Waals surface area contributed by atoms with E-state index in [9.17, 15) is 0 Å². The zero-order chi connectivity index (χ0) is 14.8. The van der Waals surface area contributed by atoms with Gasteiger partial charge in [-0.15, -0.1) is 0 Å². The van der Waals surface area contributed by atoms with Gasteiger partial charge in [0.1, 0.15) is 12.0 Å². The van der Waals surface area contributed by atoms with Gasteiger partial charge in [-0.25, -0.2) is 0 Å². The molecule has 0 fully saturated rings. The van der Waals surface area contributed by atoms with Crippen molar-refractivity contribution >= 4 is 11.4 Å². The summed E-state index contributed by atoms with van der Waals surface area (Å²) in [5, 5.41) is 6.88. The molecule has 2 aliphatic rings. The highest BCUT2D eigenvalue weighted by Crippen LogP contribution is 2.38. The first-order valence-corrected chi connectivity index (χ1v) is 7.06. The van der Waals surface area contributed by atoms with Crippen molar-refractivity contribution in [3.8, 4) is 0 Å². The number of anilines is 2. The monoisotopic (exact) mass is 280 g/mol. The molecule has 108 valence electrons. The third-order valence-corrected chi connectivity index (χ3v) is 3.64. The molecule has 0 aliphatic carbocycles. The normalized spacial score (nSPS) is 20.4. The van der Waals surface area contributed by atoms with Crippen LogP contribution in [0.3, 0.4) is 0 Å². The first-order chi connectivity index (χ1) is 10.2. The Balaban J connectivity index is 2.06. The Morgan fingerprint density at radius 2 is 2.33 bits per heavy atom. The van der Waals surface area contributed by atoms with Crippen molar-refractivity contribution < 1.29 is 0 Å². The minimum Gasteiger partial charge on any atom is -0.399 e. The van der Waals surface area contributed by atoms with Crippen molar-refractivity contribution in [2.24, 2.45) is 5.73 Å². The van der Waals surface area contributed by atoms with E-state index < -0.39 is 0 Å². The summed E-state index contributed by atoms with van der Waals surface area (Å²) in [6.45, 7) is 6.64. The van der Waals surface area contributed by atoms with Crippen molar-refractivity contribution in [1.82, 2.24) is 5.32 Å². The summed E-state index contributed by atoms with van der Waals surface area (Å²) in [6, 6.07) is 6.38. The molecule has 1 unspecified atom stereocenters. The van der Waals surface area contributed by atoms with Crippen LogP contribution in [0.15, 0.2) is 66.7 Å². The highest BCUT2D eigenvalue weighted by Gasteiger charge is 2.32. The molecule has 1 aromatic carbocycles. The lowest BCUT2D eigenvalue weighted by Gasteiger charge is -2.30. The molecule has 1 atom stereocenters. The average Bonchev–Trinajstić information content (AvgIpc) is 2.87. The predicted molar refractivity (Wildman–Crippen MR) is 88.8 cm³/mol. The molecule has 4 nitrogen and oxygen atoms in total. The van der Waals surface area contributed by atoms with E-state index in [1.165, 1.54) is 5.56 Å². The number of fused-ring (bicyclic) bond motifs is 1. The van der Waals surface area contributed by atoms with Gasteiger partial charge in [-0.1, -0.05) is 30.9 Å². The van der Waals surface area contributed by atoms with E-state index in [2.05, 4.69) is 65.5 Å². The van der Waals surface area contributed by atoms with Crippen LogP contribution in [0.1, 0.15) is 5.56 Å². The number of rotatable bonds is 3. The van der Waals surface area contributed by atoms with Crippen LogP contribution < -0.4 is 21.3 Å². The molecule has 4 heteroatoms. The lowest BCUT2D eigenvalue weighted by atomic mass is 10.2. The van der Waals surface area contributed by atoms with Crippen molar-refractivity contribution in [1.29, 1.82) is 0 Å². The summed E-state index contributed by atoms with van der Waals surface area (Å²) in [6.07, 6.45) is 9.65. The molecule has 3 rings (SSSR count). The SMILES string of the molecule is C=C/C=C(\N)C1Nc2cc(C)ccc2N1C1=CC=CCN1. The van der Waals surface area contributed by atoms with E-state index in [-0.39, 0.29) is 6.17 Å². The Bertz CT molecular complexity index is 655. The molecular formula is C17H20N4. The minimum absolute atomic E-state index is 0.106. The summed E-state index contributed by atoms with van der Waals surface area (Å²) in [7, 11) is 0. The smallest absolute Gasteiger partial charge is 0.146 e. The zero-order valence-electron chi connectivity index (χ0n) is 12.1. The van der Waals surface area contributed by atoms with E-state index in [0.29, 0.717) is 0 Å². The lowest BCUT2D eigenvalue weighted by molar-refractivity contribution is 0.739. The van der Waals surface area contributed by atoms with Crippen molar-refractivity contribution in [3.05, 3.63) is 72.2 Å². The first kappa shape index (κ1) is 13.4. The fraction of sp³-hybridized carbons (Fsp3) is 0.176. The Morgan fingerprint density at radius 3 is 3.05 bits per heavy atom. The van der Waals surface area contributed by atoms with Gasteiger partial charge >= 0.3 is 0 Å². The standard InChI is InChI=1S/C17H20N4/c1-3-6-13(18)17-20-14-11-12(2)8-9-15(14)21(17)16-7-4-5-10-19-16/h3-9,11,17,19-20H,1,10,18H2,2H3/b13-6-. The fourth-order valence-corrected chi connectivity index (χ4v) is 2.67. The van der Waals surface area contributed by atoms with E-state index in [1.807, 2.05) is 6.08 Å². The first-order valence-electron chi connectivity index (χ1n) is 7.06. The van der Waals surface area contributed by atoms with E-state index >= 15 is 0 Å². The number of aryl methyl sites for hydroxylation is 1. The summed E-state index contributed by atoms with van der Waals surface area (Å²) >= 11 is 0. The number of nitrogens with zero attached hydrogens (tertiary/aromatic N) is 1. The number of allylic oxidation sites excluding steroid dienone is 4. The van der Waals surface area contributed by atoms with Crippen LogP contribution in [0.25, 0.3) is 0 Å². The maximum Gasteiger partial charge on any atom is 0.146 e. The number of nitrogens with two attached hydrogens (primary N) is 1. The molecular weight excluding hydrogens is 260 g/mol. The van der Waals surface area contributed by atoms with Crippen LogP contribution in [0.4, 0.5) is 11.4 Å². The molecule has 0 aromatic heterocycles. The Morgan fingerprint density at radius 1 is 1.48 bits per heavy atom. The van der Waals surface area contributed by atoms with Gasteiger partial charge in [-0.05, 0) is 36.8 Å². The molecule has 21 heavy (non-hydrogen) atoms. The number of hydrogen-bond donors (Lipinski definition) is 3. The molecule has 2 heterocycles. The zero-order valence-corrected chi connectivity index (χ0v) is 12.1. The van der Waals surface area contributed by atoms with E-state index in [1.54, 1.807) is 6.08 Å². The van der Waals surface area contributed by atoms with Crippen LogP contribution in [0, 0.1) is 6.92 Å². The maximum atomic E-state index is 6.22. The number of dihydropyridines is 1. The molecule has 0 saturated carbocycles. The molecule has 0 spiro atoms. The molecule has 0 bridgehead atoms. The number of nitrogens with one attached hydrogen (secondary N) is 2. The molecule has 0 radical (unpaired) electrons. The summed E-state index contributed by atoms with van der Waals surface area (Å²) in [5.74, 6) is 1.04. The van der Waals surface area contributed by atoms with Gasteiger partial charge in [0.25, 0.3) is 0 Å². The summed E-state index contributed by atoms with van der Waals surface area (Å²) in [4.78, 5) is 2.19. The second-order valence-corrected chi connectivity index (χ2v) is 5.20. The number of hydrogen-bond acceptors (Lipinski definition) is 4.